The van der Waals surface area contributed by atoms with Crippen LogP contribution in [0.1, 0.15) is 18.1 Å². The molecule has 6 heteroatoms. The van der Waals surface area contributed by atoms with Gasteiger partial charge in [-0.15, -0.1) is 0 Å². The van der Waals surface area contributed by atoms with Gasteiger partial charge in [0.25, 0.3) is 5.91 Å². The summed E-state index contributed by atoms with van der Waals surface area (Å²) >= 11 is 0. The molecule has 0 saturated carbocycles. The van der Waals surface area contributed by atoms with Gasteiger partial charge in [0, 0.05) is 24.0 Å². The topological polar surface area (TPSA) is 79.6 Å². The maximum absolute atomic E-state index is 12.8. The van der Waals surface area contributed by atoms with E-state index in [4.69, 9.17) is 5.11 Å². The highest BCUT2D eigenvalue weighted by Crippen LogP contribution is 2.28. The first kappa shape index (κ1) is 17.5. The summed E-state index contributed by atoms with van der Waals surface area (Å²) in [5.41, 5.74) is 3.01. The number of nitrogens with one attached hydrogen (secondary N) is 1. The molecule has 1 aliphatic rings. The Hall–Kier alpha value is -3.30. The summed E-state index contributed by atoms with van der Waals surface area (Å²) in [7, 11) is 0. The van der Waals surface area contributed by atoms with Crippen molar-refractivity contribution in [3.8, 4) is 6.19 Å². The molecule has 0 bridgehead atoms. The van der Waals surface area contributed by atoms with Gasteiger partial charge in [-0.05, 0) is 24.6 Å². The zero-order valence-corrected chi connectivity index (χ0v) is 14.5. The normalized spacial score (nSPS) is 16.9. The fourth-order valence-corrected chi connectivity index (χ4v) is 2.85. The maximum atomic E-state index is 12.8. The Morgan fingerprint density at radius 1 is 1.15 bits per heavy atom. The molecular formula is C20H20N4O2. The van der Waals surface area contributed by atoms with Gasteiger partial charge in [0.05, 0.1) is 12.3 Å². The lowest BCUT2D eigenvalue weighted by atomic mass is 10.1. The number of benzene rings is 2. The second-order valence-electron chi connectivity index (χ2n) is 5.88. The summed E-state index contributed by atoms with van der Waals surface area (Å²) in [6.45, 7) is 2.36. The minimum atomic E-state index is -0.833. The molecule has 2 aromatic rings. The molecule has 0 fully saturated rings. The van der Waals surface area contributed by atoms with Crippen molar-refractivity contribution in [2.75, 3.05) is 11.9 Å². The molecule has 1 amide bonds. The second-order valence-corrected chi connectivity index (χ2v) is 5.88. The van der Waals surface area contributed by atoms with Crippen LogP contribution in [0.4, 0.5) is 5.69 Å². The highest BCUT2D eigenvalue weighted by Gasteiger charge is 2.35. The van der Waals surface area contributed by atoms with E-state index >= 15 is 0 Å². The number of nitriles is 1. The Labute approximate surface area is 152 Å². The molecule has 3 rings (SSSR count). The van der Waals surface area contributed by atoms with Crippen molar-refractivity contribution in [1.82, 2.24) is 9.80 Å². The van der Waals surface area contributed by atoms with E-state index in [1.54, 1.807) is 35.4 Å². The quantitative estimate of drug-likeness (QED) is 0.812. The smallest absolute Gasteiger partial charge is 0.271 e. The predicted octanol–water partition coefficient (Wildman–Crippen LogP) is 2.56. The number of aliphatic hydroxyl groups excluding tert-OH is 1. The van der Waals surface area contributed by atoms with Crippen LogP contribution in [0, 0.1) is 11.5 Å². The Balaban J connectivity index is 1.96. The van der Waals surface area contributed by atoms with Crippen molar-refractivity contribution in [2.24, 2.45) is 0 Å². The van der Waals surface area contributed by atoms with E-state index < -0.39 is 6.17 Å². The third kappa shape index (κ3) is 3.39. The summed E-state index contributed by atoms with van der Waals surface area (Å²) in [5.74, 6) is -0.194. The second kappa shape index (κ2) is 7.72. The first-order valence-corrected chi connectivity index (χ1v) is 8.41. The number of aliphatic hydroxyl groups is 1. The number of rotatable bonds is 5. The lowest BCUT2D eigenvalue weighted by molar-refractivity contribution is -0.132. The number of carbonyl (C=O) groups is 1. The molecule has 1 atom stereocenters. The van der Waals surface area contributed by atoms with E-state index in [1.165, 1.54) is 4.90 Å². The molecule has 0 radical (unpaired) electrons. The highest BCUT2D eigenvalue weighted by molar-refractivity contribution is 5.91. The van der Waals surface area contributed by atoms with Crippen LogP contribution in [0.2, 0.25) is 0 Å². The first-order chi connectivity index (χ1) is 12.7. The molecule has 0 spiro atoms. The van der Waals surface area contributed by atoms with Crippen LogP contribution in [0.15, 0.2) is 60.8 Å². The van der Waals surface area contributed by atoms with Crippen molar-refractivity contribution in [2.45, 2.75) is 19.7 Å². The van der Waals surface area contributed by atoms with E-state index in [9.17, 15) is 10.1 Å². The number of anilines is 1. The van der Waals surface area contributed by atoms with Gasteiger partial charge in [0.15, 0.2) is 12.4 Å². The van der Waals surface area contributed by atoms with Crippen molar-refractivity contribution >= 4 is 17.3 Å². The van der Waals surface area contributed by atoms with Crippen molar-refractivity contribution in [1.29, 1.82) is 5.26 Å². The monoisotopic (exact) mass is 348 g/mol. The average molecular weight is 348 g/mol. The van der Waals surface area contributed by atoms with Crippen LogP contribution in [0.5, 0.6) is 0 Å². The number of nitrogens with zero attached hydrogens (tertiary/aromatic N) is 3. The molecule has 1 unspecified atom stereocenters. The predicted molar refractivity (Wildman–Crippen MR) is 99.0 cm³/mol. The molecule has 1 heterocycles. The fraction of sp³-hybridized carbons (Fsp3) is 0.200. The zero-order chi connectivity index (χ0) is 18.5. The number of likely N-dealkylation sites (N-methyl/N-ethyl adjacent to an activating group) is 1. The lowest BCUT2D eigenvalue weighted by Gasteiger charge is -2.37. The van der Waals surface area contributed by atoms with E-state index in [1.807, 2.05) is 37.3 Å². The number of amides is 1. The summed E-state index contributed by atoms with van der Waals surface area (Å²) in [6.07, 6.45) is 3.02. The van der Waals surface area contributed by atoms with E-state index in [0.29, 0.717) is 17.9 Å². The standard InChI is InChI=1S/C20H20N4O2/c1-2-23-12-18(16-6-4-3-5-7-16)24(14-21)19(20(23)26)22-17-10-8-15(13-25)9-11-17/h3-12,19,22,25H,2,13H2,1H3. The summed E-state index contributed by atoms with van der Waals surface area (Å²) in [4.78, 5) is 15.8. The third-order valence-corrected chi connectivity index (χ3v) is 4.27. The first-order valence-electron chi connectivity index (χ1n) is 8.41. The molecule has 132 valence electrons. The van der Waals surface area contributed by atoms with Crippen LogP contribution in [0.25, 0.3) is 5.70 Å². The van der Waals surface area contributed by atoms with Gasteiger partial charge in [-0.3, -0.25) is 4.79 Å². The van der Waals surface area contributed by atoms with Gasteiger partial charge in [-0.1, -0.05) is 42.5 Å². The molecule has 0 aromatic heterocycles. The molecule has 6 nitrogen and oxygen atoms in total. The number of hydrogen-bond donors (Lipinski definition) is 2. The van der Waals surface area contributed by atoms with Crippen LogP contribution < -0.4 is 5.32 Å². The average Bonchev–Trinajstić information content (AvgIpc) is 2.70. The molecule has 2 aromatic carbocycles. The fourth-order valence-electron chi connectivity index (χ4n) is 2.85. The minimum absolute atomic E-state index is 0.0442. The largest absolute Gasteiger partial charge is 0.392 e. The summed E-state index contributed by atoms with van der Waals surface area (Å²) < 4.78 is 0. The zero-order valence-electron chi connectivity index (χ0n) is 14.5. The molecule has 1 aliphatic heterocycles. The van der Waals surface area contributed by atoms with E-state index in [-0.39, 0.29) is 12.5 Å². The lowest BCUT2D eigenvalue weighted by Crippen LogP contribution is -2.52. The highest BCUT2D eigenvalue weighted by atomic mass is 16.3. The number of hydrogen-bond acceptors (Lipinski definition) is 5. The minimum Gasteiger partial charge on any atom is -0.392 e. The van der Waals surface area contributed by atoms with E-state index in [2.05, 4.69) is 11.5 Å². The molecule has 26 heavy (non-hydrogen) atoms. The van der Waals surface area contributed by atoms with Gasteiger partial charge in [-0.25, -0.2) is 4.90 Å². The van der Waals surface area contributed by atoms with Gasteiger partial charge < -0.3 is 15.3 Å². The Bertz CT molecular complexity index is 840. The summed E-state index contributed by atoms with van der Waals surface area (Å²) in [6, 6.07) is 16.6. The van der Waals surface area contributed by atoms with Gasteiger partial charge in [0.1, 0.15) is 0 Å². The summed E-state index contributed by atoms with van der Waals surface area (Å²) in [5, 5.41) is 22.0. The van der Waals surface area contributed by atoms with Crippen molar-refractivity contribution in [3.63, 3.8) is 0 Å². The van der Waals surface area contributed by atoms with Crippen molar-refractivity contribution in [3.05, 3.63) is 71.9 Å². The SMILES string of the molecule is CCN1C=C(c2ccccc2)N(C#N)C(Nc2ccc(CO)cc2)C1=O. The Morgan fingerprint density at radius 3 is 2.42 bits per heavy atom. The number of carbonyl (C=O) groups excluding carboxylic acids is 1. The molecule has 0 aliphatic carbocycles. The molecule has 2 N–H and O–H groups in total. The van der Waals surface area contributed by atoms with Gasteiger partial charge >= 0.3 is 0 Å². The van der Waals surface area contributed by atoms with Crippen LogP contribution >= 0.6 is 0 Å². The Morgan fingerprint density at radius 2 is 1.85 bits per heavy atom. The van der Waals surface area contributed by atoms with Crippen LogP contribution in [-0.4, -0.2) is 33.5 Å². The van der Waals surface area contributed by atoms with Crippen molar-refractivity contribution < 1.29 is 9.90 Å². The maximum Gasteiger partial charge on any atom is 0.271 e. The molecule has 0 saturated heterocycles. The third-order valence-electron chi connectivity index (χ3n) is 4.27. The van der Waals surface area contributed by atoms with Gasteiger partial charge in [0.2, 0.25) is 0 Å². The van der Waals surface area contributed by atoms with E-state index in [0.717, 1.165) is 11.1 Å². The van der Waals surface area contributed by atoms with Crippen LogP contribution in [-0.2, 0) is 11.4 Å². The van der Waals surface area contributed by atoms with Crippen LogP contribution in [0.3, 0.4) is 0 Å². The molecular weight excluding hydrogens is 328 g/mol. The van der Waals surface area contributed by atoms with Gasteiger partial charge in [-0.2, -0.15) is 5.26 Å². The Kier molecular flexibility index (Phi) is 5.20.